The largest absolute Gasteiger partial charge is 0.479 e. The van der Waals surface area contributed by atoms with Crippen LogP contribution in [0.15, 0.2) is 18.2 Å². The van der Waals surface area contributed by atoms with Crippen molar-refractivity contribution in [2.45, 2.75) is 25.3 Å². The van der Waals surface area contributed by atoms with Crippen LogP contribution >= 0.6 is 11.6 Å². The van der Waals surface area contributed by atoms with E-state index in [-0.39, 0.29) is 18.2 Å². The fourth-order valence-corrected chi connectivity index (χ4v) is 2.15. The Morgan fingerprint density at radius 1 is 1.60 bits per heavy atom. The molecule has 2 rings (SSSR count). The summed E-state index contributed by atoms with van der Waals surface area (Å²) in [5.41, 5.74) is 0.818. The third kappa shape index (κ3) is 2.47. The second kappa shape index (κ2) is 5.51. The second-order valence-corrected chi connectivity index (χ2v) is 5.16. The maximum absolute atomic E-state index is 12.0. The van der Waals surface area contributed by atoms with Crippen LogP contribution in [0.2, 0.25) is 0 Å². The number of fused-ring (bicyclic) bond motifs is 1. The van der Waals surface area contributed by atoms with Gasteiger partial charge in [-0.05, 0) is 32.0 Å². The van der Waals surface area contributed by atoms with Gasteiger partial charge in [-0.15, -0.1) is 11.6 Å². The lowest BCUT2D eigenvalue weighted by molar-refractivity contribution is -0.125. The molecule has 2 atom stereocenters. The Bertz CT molecular complexity index is 607. The quantitative estimate of drug-likeness (QED) is 0.486. The summed E-state index contributed by atoms with van der Waals surface area (Å²) in [7, 11) is 0. The van der Waals surface area contributed by atoms with Crippen LogP contribution in [0, 0.1) is 11.3 Å². The van der Waals surface area contributed by atoms with Gasteiger partial charge in [-0.3, -0.25) is 14.5 Å². The maximum atomic E-state index is 12.0. The van der Waals surface area contributed by atoms with E-state index in [2.05, 4.69) is 0 Å². The SMILES string of the molecule is CC(Cl)C(=O)c1ccc2c(c1)N(CC#N)C(=O)C(C)O2. The van der Waals surface area contributed by atoms with E-state index in [1.165, 1.54) is 11.0 Å². The second-order valence-electron chi connectivity index (χ2n) is 4.51. The number of ether oxygens (including phenoxy) is 1. The Morgan fingerprint density at radius 3 is 2.90 bits per heavy atom. The maximum Gasteiger partial charge on any atom is 0.268 e. The highest BCUT2D eigenvalue weighted by atomic mass is 35.5. The van der Waals surface area contributed by atoms with E-state index < -0.39 is 11.5 Å². The van der Waals surface area contributed by atoms with E-state index in [1.807, 2.05) is 6.07 Å². The van der Waals surface area contributed by atoms with Gasteiger partial charge in [-0.25, -0.2) is 0 Å². The third-order valence-corrected chi connectivity index (χ3v) is 3.24. The smallest absolute Gasteiger partial charge is 0.268 e. The first-order valence-corrected chi connectivity index (χ1v) is 6.56. The summed E-state index contributed by atoms with van der Waals surface area (Å²) >= 11 is 5.78. The number of hydrogen-bond donors (Lipinski definition) is 0. The third-order valence-electron chi connectivity index (χ3n) is 3.04. The summed E-state index contributed by atoms with van der Waals surface area (Å²) in [5.74, 6) is -0.0638. The molecule has 0 N–H and O–H groups in total. The lowest BCUT2D eigenvalue weighted by atomic mass is 10.1. The van der Waals surface area contributed by atoms with Crippen LogP contribution in [0.3, 0.4) is 0 Å². The molecule has 1 aromatic rings. The van der Waals surface area contributed by atoms with Crippen molar-refractivity contribution in [1.29, 1.82) is 5.26 Å². The number of nitriles is 1. The molecule has 1 heterocycles. The highest BCUT2D eigenvalue weighted by Crippen LogP contribution is 2.35. The monoisotopic (exact) mass is 292 g/mol. The number of halogens is 1. The van der Waals surface area contributed by atoms with Crippen LogP contribution in [0.25, 0.3) is 0 Å². The fraction of sp³-hybridized carbons (Fsp3) is 0.357. The molecule has 5 nitrogen and oxygen atoms in total. The van der Waals surface area contributed by atoms with Crippen LogP contribution in [0.5, 0.6) is 5.75 Å². The molecule has 1 aliphatic heterocycles. The van der Waals surface area contributed by atoms with Gasteiger partial charge in [0.1, 0.15) is 12.3 Å². The lowest BCUT2D eigenvalue weighted by Crippen LogP contribution is -2.44. The molecule has 1 aromatic carbocycles. The number of carbonyl (C=O) groups is 2. The first-order valence-electron chi connectivity index (χ1n) is 6.13. The molecular formula is C14H13ClN2O3. The van der Waals surface area contributed by atoms with E-state index in [0.29, 0.717) is 17.0 Å². The van der Waals surface area contributed by atoms with Gasteiger partial charge >= 0.3 is 0 Å². The molecule has 0 saturated heterocycles. The number of anilines is 1. The standard InChI is InChI=1S/C14H13ClN2O3/c1-8(15)13(18)10-3-4-12-11(7-10)17(6-5-16)14(19)9(2)20-12/h3-4,7-9H,6H2,1-2H3. The van der Waals surface area contributed by atoms with Crippen LogP contribution in [0.4, 0.5) is 5.69 Å². The van der Waals surface area contributed by atoms with E-state index in [0.717, 1.165) is 0 Å². The van der Waals surface area contributed by atoms with Gasteiger partial charge in [0, 0.05) is 5.56 Å². The normalized spacial score (nSPS) is 18.8. The Balaban J connectivity index is 2.48. The number of benzene rings is 1. The molecule has 6 heteroatoms. The van der Waals surface area contributed by atoms with Gasteiger partial charge in [-0.2, -0.15) is 5.26 Å². The molecule has 0 aromatic heterocycles. The number of Topliss-reactive ketones (excluding diaryl/α,β-unsaturated/α-hetero) is 1. The van der Waals surface area contributed by atoms with Crippen LogP contribution in [0.1, 0.15) is 24.2 Å². The lowest BCUT2D eigenvalue weighted by Gasteiger charge is -2.31. The zero-order valence-corrected chi connectivity index (χ0v) is 11.8. The molecule has 0 spiro atoms. The number of rotatable bonds is 3. The first-order chi connectivity index (χ1) is 9.45. The van der Waals surface area contributed by atoms with Crippen molar-refractivity contribution in [3.63, 3.8) is 0 Å². The van der Waals surface area contributed by atoms with Crippen molar-refractivity contribution in [1.82, 2.24) is 0 Å². The summed E-state index contributed by atoms with van der Waals surface area (Å²) in [6.07, 6.45) is -0.649. The highest BCUT2D eigenvalue weighted by Gasteiger charge is 2.32. The number of hydrogen-bond acceptors (Lipinski definition) is 4. The van der Waals surface area contributed by atoms with E-state index in [1.54, 1.807) is 26.0 Å². The topological polar surface area (TPSA) is 70.4 Å². The Kier molecular flexibility index (Phi) is 3.96. The van der Waals surface area contributed by atoms with Crippen LogP contribution in [-0.2, 0) is 4.79 Å². The molecule has 0 saturated carbocycles. The number of carbonyl (C=O) groups excluding carboxylic acids is 2. The number of nitrogens with zero attached hydrogens (tertiary/aromatic N) is 2. The van der Waals surface area contributed by atoms with Gasteiger partial charge in [0.2, 0.25) is 0 Å². The van der Waals surface area contributed by atoms with E-state index in [4.69, 9.17) is 21.6 Å². The molecule has 104 valence electrons. The first kappa shape index (κ1) is 14.4. The van der Waals surface area contributed by atoms with Crippen molar-refractivity contribution in [3.05, 3.63) is 23.8 Å². The number of amides is 1. The average molecular weight is 293 g/mol. The number of alkyl halides is 1. The molecule has 1 aliphatic rings. The van der Waals surface area contributed by atoms with E-state index >= 15 is 0 Å². The van der Waals surface area contributed by atoms with Gasteiger partial charge < -0.3 is 4.74 Å². The minimum Gasteiger partial charge on any atom is -0.479 e. The van der Waals surface area contributed by atoms with Crippen LogP contribution in [-0.4, -0.2) is 29.7 Å². The minimum absolute atomic E-state index is 0.0897. The predicted molar refractivity (Wildman–Crippen MR) is 74.1 cm³/mol. The highest BCUT2D eigenvalue weighted by molar-refractivity contribution is 6.33. The Hall–Kier alpha value is -2.06. The minimum atomic E-state index is -0.656. The van der Waals surface area contributed by atoms with Gasteiger partial charge in [0.25, 0.3) is 5.91 Å². The molecule has 0 fully saturated rings. The van der Waals surface area contributed by atoms with Gasteiger partial charge in [-0.1, -0.05) is 0 Å². The predicted octanol–water partition coefficient (Wildman–Crippen LogP) is 2.13. The Morgan fingerprint density at radius 2 is 2.30 bits per heavy atom. The van der Waals surface area contributed by atoms with Gasteiger partial charge in [0.15, 0.2) is 11.9 Å². The molecule has 2 unspecified atom stereocenters. The van der Waals surface area contributed by atoms with Crippen molar-refractivity contribution in [2.75, 3.05) is 11.4 Å². The summed E-state index contributed by atoms with van der Waals surface area (Å²) in [6, 6.07) is 6.70. The van der Waals surface area contributed by atoms with Crippen molar-refractivity contribution < 1.29 is 14.3 Å². The van der Waals surface area contributed by atoms with E-state index in [9.17, 15) is 9.59 Å². The van der Waals surface area contributed by atoms with Crippen molar-refractivity contribution in [3.8, 4) is 11.8 Å². The molecule has 0 radical (unpaired) electrons. The summed E-state index contributed by atoms with van der Waals surface area (Å²) in [5, 5.41) is 8.19. The number of ketones is 1. The fourth-order valence-electron chi connectivity index (χ4n) is 2.02. The van der Waals surface area contributed by atoms with Gasteiger partial charge in [0.05, 0.1) is 17.1 Å². The molecule has 20 heavy (non-hydrogen) atoms. The zero-order valence-electron chi connectivity index (χ0n) is 11.1. The van der Waals surface area contributed by atoms with Crippen molar-refractivity contribution >= 4 is 29.0 Å². The summed E-state index contributed by atoms with van der Waals surface area (Å²) < 4.78 is 5.47. The molecule has 0 aliphatic carbocycles. The van der Waals surface area contributed by atoms with Crippen LogP contribution < -0.4 is 9.64 Å². The molecule has 0 bridgehead atoms. The molecular weight excluding hydrogens is 280 g/mol. The average Bonchev–Trinajstić information content (AvgIpc) is 2.42. The Labute approximate surface area is 121 Å². The summed E-state index contributed by atoms with van der Waals surface area (Å²) in [6.45, 7) is 3.11. The molecule has 1 amide bonds. The summed E-state index contributed by atoms with van der Waals surface area (Å²) in [4.78, 5) is 25.2. The zero-order chi connectivity index (χ0) is 14.9. The van der Waals surface area contributed by atoms with Crippen molar-refractivity contribution in [2.24, 2.45) is 0 Å².